The van der Waals surface area contributed by atoms with Gasteiger partial charge in [0, 0.05) is 11.4 Å². The average Bonchev–Trinajstić information content (AvgIpc) is 2.76. The van der Waals surface area contributed by atoms with Gasteiger partial charge in [0.1, 0.15) is 5.75 Å². The van der Waals surface area contributed by atoms with Crippen LogP contribution in [-0.4, -0.2) is 25.5 Å². The fraction of sp³-hybridized carbons (Fsp3) is 0.200. The van der Waals surface area contributed by atoms with Crippen LogP contribution in [0.1, 0.15) is 35.3 Å². The molecule has 0 atom stereocenters. The lowest BCUT2D eigenvalue weighted by Gasteiger charge is -2.15. The molecule has 3 aromatic rings. The van der Waals surface area contributed by atoms with Crippen LogP contribution < -0.4 is 20.1 Å². The van der Waals surface area contributed by atoms with Crippen LogP contribution in [0.3, 0.4) is 0 Å². The Kier molecular flexibility index (Phi) is 7.90. The number of carbonyl (C=O) groups is 1. The van der Waals surface area contributed by atoms with Crippen LogP contribution in [0.5, 0.6) is 5.75 Å². The smallest absolute Gasteiger partial charge is 0.261 e. The fourth-order valence-corrected chi connectivity index (χ4v) is 4.34. The number of rotatable bonds is 7. The second kappa shape index (κ2) is 10.7. The van der Waals surface area contributed by atoms with Crippen LogP contribution in [0.4, 0.5) is 11.4 Å². The van der Waals surface area contributed by atoms with Gasteiger partial charge in [0.15, 0.2) is 5.11 Å². The topological polar surface area (TPSA) is 96.5 Å². The Morgan fingerprint density at radius 1 is 0.912 bits per heavy atom. The predicted molar refractivity (Wildman–Crippen MR) is 139 cm³/mol. The van der Waals surface area contributed by atoms with Crippen molar-refractivity contribution in [2.45, 2.75) is 38.7 Å². The molecule has 178 valence electrons. The molecule has 0 unspecified atom stereocenters. The van der Waals surface area contributed by atoms with Gasteiger partial charge < -0.3 is 10.1 Å². The van der Waals surface area contributed by atoms with E-state index < -0.39 is 15.9 Å². The molecule has 0 fully saturated rings. The summed E-state index contributed by atoms with van der Waals surface area (Å²) in [5.74, 6) is 0.0502. The van der Waals surface area contributed by atoms with Crippen LogP contribution in [0, 0.1) is 13.8 Å². The molecule has 0 saturated heterocycles. The van der Waals surface area contributed by atoms with Crippen molar-refractivity contribution in [1.29, 1.82) is 0 Å². The Bertz CT molecular complexity index is 1300. The van der Waals surface area contributed by atoms with E-state index in [2.05, 4.69) is 15.4 Å². The molecule has 3 rings (SSSR count). The number of nitrogens with one attached hydrogen (secondary N) is 3. The molecule has 9 heteroatoms. The van der Waals surface area contributed by atoms with E-state index in [1.807, 2.05) is 33.8 Å². The van der Waals surface area contributed by atoms with E-state index in [0.717, 1.165) is 11.1 Å². The minimum Gasteiger partial charge on any atom is -0.490 e. The molecule has 7 nitrogen and oxygen atoms in total. The third-order valence-corrected chi connectivity index (χ3v) is 6.50. The zero-order valence-electron chi connectivity index (χ0n) is 19.4. The number of amides is 1. The lowest BCUT2D eigenvalue weighted by molar-refractivity contribution is 0.0972. The molecule has 0 bridgehead atoms. The molecule has 3 N–H and O–H groups in total. The number of aryl methyl sites for hydroxylation is 2. The van der Waals surface area contributed by atoms with Crippen molar-refractivity contribution in [3.05, 3.63) is 83.4 Å². The zero-order chi connectivity index (χ0) is 24.9. The second-order valence-corrected chi connectivity index (χ2v) is 10.1. The van der Waals surface area contributed by atoms with Gasteiger partial charge in [0.2, 0.25) is 0 Å². The maximum atomic E-state index is 12.7. The molecule has 0 heterocycles. The summed E-state index contributed by atoms with van der Waals surface area (Å²) in [6.07, 6.45) is -0.0849. The molecule has 3 aromatic carbocycles. The van der Waals surface area contributed by atoms with E-state index in [1.165, 1.54) is 12.1 Å². The van der Waals surface area contributed by atoms with Crippen LogP contribution >= 0.6 is 12.2 Å². The van der Waals surface area contributed by atoms with Gasteiger partial charge in [0.05, 0.1) is 16.6 Å². The van der Waals surface area contributed by atoms with Crippen LogP contribution in [-0.2, 0) is 10.0 Å². The lowest BCUT2D eigenvalue weighted by atomic mass is 10.1. The zero-order valence-corrected chi connectivity index (χ0v) is 21.0. The van der Waals surface area contributed by atoms with Gasteiger partial charge in [-0.1, -0.05) is 18.2 Å². The molecule has 0 radical (unpaired) electrons. The summed E-state index contributed by atoms with van der Waals surface area (Å²) in [5, 5.41) is 5.58. The Hall–Kier alpha value is -3.43. The molecule has 0 aromatic heterocycles. The van der Waals surface area contributed by atoms with Gasteiger partial charge in [-0.25, -0.2) is 8.42 Å². The Balaban J connectivity index is 1.64. The van der Waals surface area contributed by atoms with Crippen molar-refractivity contribution in [2.75, 3.05) is 10.0 Å². The summed E-state index contributed by atoms with van der Waals surface area (Å²) in [4.78, 5) is 12.7. The third kappa shape index (κ3) is 6.55. The Morgan fingerprint density at radius 2 is 1.56 bits per heavy atom. The average molecular weight is 498 g/mol. The first-order valence-corrected chi connectivity index (χ1v) is 12.5. The van der Waals surface area contributed by atoms with Crippen molar-refractivity contribution in [3.8, 4) is 5.75 Å². The predicted octanol–water partition coefficient (Wildman–Crippen LogP) is 5.02. The standard InChI is InChI=1S/C25H27N3O4S2/c1-16(2)32-23-8-6-5-7-22(23)24(29)27-25(33)26-19-11-13-21(14-12-19)34(30,31)28-20-10-9-17(3)18(4)15-20/h5-16,28H,1-4H3,(H2,26,27,29,33). The summed E-state index contributed by atoms with van der Waals surface area (Å²) in [7, 11) is -3.75. The molecule has 0 saturated carbocycles. The van der Waals surface area contributed by atoms with Gasteiger partial charge >= 0.3 is 0 Å². The van der Waals surface area contributed by atoms with Crippen molar-refractivity contribution < 1.29 is 17.9 Å². The number of sulfonamides is 1. The summed E-state index contributed by atoms with van der Waals surface area (Å²) in [6.45, 7) is 7.64. The maximum Gasteiger partial charge on any atom is 0.261 e. The van der Waals surface area contributed by atoms with E-state index in [1.54, 1.807) is 48.5 Å². The van der Waals surface area contributed by atoms with E-state index in [0.29, 0.717) is 22.7 Å². The molecule has 0 spiro atoms. The number of para-hydroxylation sites is 1. The van der Waals surface area contributed by atoms with E-state index >= 15 is 0 Å². The normalized spacial score (nSPS) is 11.1. The highest BCUT2D eigenvalue weighted by atomic mass is 32.2. The summed E-state index contributed by atoms with van der Waals surface area (Å²) in [6, 6.07) is 18.3. The first-order chi connectivity index (χ1) is 16.0. The Labute approximate surface area is 205 Å². The highest BCUT2D eigenvalue weighted by Crippen LogP contribution is 2.21. The number of ether oxygens (including phenoxy) is 1. The number of benzene rings is 3. The highest BCUT2D eigenvalue weighted by Gasteiger charge is 2.16. The van der Waals surface area contributed by atoms with Crippen LogP contribution in [0.25, 0.3) is 0 Å². The first-order valence-electron chi connectivity index (χ1n) is 10.6. The number of hydrogen-bond acceptors (Lipinski definition) is 5. The van der Waals surface area contributed by atoms with Gasteiger partial charge in [-0.05, 0) is 99.6 Å². The van der Waals surface area contributed by atoms with Crippen molar-refractivity contribution >= 4 is 44.6 Å². The molecule has 0 aliphatic carbocycles. The molecule has 34 heavy (non-hydrogen) atoms. The molecule has 0 aliphatic heterocycles. The molecule has 0 aliphatic rings. The number of hydrogen-bond donors (Lipinski definition) is 3. The minimum atomic E-state index is -3.75. The van der Waals surface area contributed by atoms with E-state index in [9.17, 15) is 13.2 Å². The molecule has 1 amide bonds. The summed E-state index contributed by atoms with van der Waals surface area (Å²) < 4.78 is 33.7. The third-order valence-electron chi connectivity index (χ3n) is 4.90. The van der Waals surface area contributed by atoms with Gasteiger partial charge in [-0.15, -0.1) is 0 Å². The van der Waals surface area contributed by atoms with Gasteiger partial charge in [0.25, 0.3) is 15.9 Å². The number of thiocarbonyl (C=S) groups is 1. The molecular formula is C25H27N3O4S2. The SMILES string of the molecule is Cc1ccc(NS(=O)(=O)c2ccc(NC(=S)NC(=O)c3ccccc3OC(C)C)cc2)cc1C. The second-order valence-electron chi connectivity index (χ2n) is 8.00. The lowest BCUT2D eigenvalue weighted by Crippen LogP contribution is -2.34. The van der Waals surface area contributed by atoms with Crippen molar-refractivity contribution in [3.63, 3.8) is 0 Å². The first kappa shape index (κ1) is 25.2. The fourth-order valence-electron chi connectivity index (χ4n) is 3.08. The molecular weight excluding hydrogens is 470 g/mol. The summed E-state index contributed by atoms with van der Waals surface area (Å²) >= 11 is 5.24. The van der Waals surface area contributed by atoms with Crippen molar-refractivity contribution in [2.24, 2.45) is 0 Å². The van der Waals surface area contributed by atoms with Crippen LogP contribution in [0.15, 0.2) is 71.6 Å². The minimum absolute atomic E-state index is 0.0770. The van der Waals surface area contributed by atoms with E-state index in [-0.39, 0.29) is 16.1 Å². The van der Waals surface area contributed by atoms with E-state index in [4.69, 9.17) is 17.0 Å². The maximum absolute atomic E-state index is 12.7. The monoisotopic (exact) mass is 497 g/mol. The quantitative estimate of drug-likeness (QED) is 0.397. The number of anilines is 2. The number of carbonyl (C=O) groups excluding carboxylic acids is 1. The largest absolute Gasteiger partial charge is 0.490 e. The van der Waals surface area contributed by atoms with Gasteiger partial charge in [-0.3, -0.25) is 14.8 Å². The summed E-state index contributed by atoms with van der Waals surface area (Å²) in [5.41, 5.74) is 3.46. The van der Waals surface area contributed by atoms with Crippen LogP contribution in [0.2, 0.25) is 0 Å². The van der Waals surface area contributed by atoms with Gasteiger partial charge in [-0.2, -0.15) is 0 Å². The Morgan fingerprint density at radius 3 is 2.21 bits per heavy atom. The van der Waals surface area contributed by atoms with Crippen molar-refractivity contribution in [1.82, 2.24) is 5.32 Å². The highest BCUT2D eigenvalue weighted by molar-refractivity contribution is 7.92.